The Morgan fingerprint density at radius 3 is 2.82 bits per heavy atom. The summed E-state index contributed by atoms with van der Waals surface area (Å²) in [5.41, 5.74) is 1.55. The number of aromatic nitrogens is 4. The summed E-state index contributed by atoms with van der Waals surface area (Å²) < 4.78 is 3.33. The standard InChI is InChI=1S/C14H17N5O3/c1-9(19-6-4-15-8-19)13(20)18-5-3-11-10(7-18)12(14(21)22)16-17(11)2/h4,6,8-9H,3,5,7H2,1-2H3,(H,21,22). The number of amides is 1. The lowest BCUT2D eigenvalue weighted by Gasteiger charge is -2.30. The van der Waals surface area contributed by atoms with E-state index in [0.717, 1.165) is 5.69 Å². The van der Waals surface area contributed by atoms with E-state index in [4.69, 9.17) is 0 Å². The number of aryl methyl sites for hydroxylation is 1. The van der Waals surface area contributed by atoms with E-state index < -0.39 is 5.97 Å². The second-order valence-electron chi connectivity index (χ2n) is 5.40. The summed E-state index contributed by atoms with van der Waals surface area (Å²) in [6.07, 6.45) is 5.58. The maximum atomic E-state index is 12.6. The second-order valence-corrected chi connectivity index (χ2v) is 5.40. The minimum absolute atomic E-state index is 0.0327. The Morgan fingerprint density at radius 1 is 1.41 bits per heavy atom. The Labute approximate surface area is 127 Å². The van der Waals surface area contributed by atoms with E-state index in [2.05, 4.69) is 10.1 Å². The van der Waals surface area contributed by atoms with E-state index in [9.17, 15) is 14.7 Å². The van der Waals surface area contributed by atoms with Crippen molar-refractivity contribution < 1.29 is 14.7 Å². The Hall–Kier alpha value is -2.64. The molecule has 1 atom stereocenters. The van der Waals surface area contributed by atoms with Crippen LogP contribution >= 0.6 is 0 Å². The van der Waals surface area contributed by atoms with Gasteiger partial charge in [0.1, 0.15) is 6.04 Å². The van der Waals surface area contributed by atoms with Crippen LogP contribution in [0.4, 0.5) is 0 Å². The van der Waals surface area contributed by atoms with E-state index in [1.165, 1.54) is 0 Å². The first-order valence-electron chi connectivity index (χ1n) is 7.03. The van der Waals surface area contributed by atoms with Gasteiger partial charge in [0.05, 0.1) is 6.33 Å². The topological polar surface area (TPSA) is 93.3 Å². The van der Waals surface area contributed by atoms with Crippen molar-refractivity contribution in [3.63, 3.8) is 0 Å². The van der Waals surface area contributed by atoms with Gasteiger partial charge in [0.15, 0.2) is 5.69 Å². The van der Waals surface area contributed by atoms with Crippen molar-refractivity contribution in [2.45, 2.75) is 25.9 Å². The van der Waals surface area contributed by atoms with E-state index in [-0.39, 0.29) is 24.2 Å². The van der Waals surface area contributed by atoms with Gasteiger partial charge in [-0.15, -0.1) is 0 Å². The molecule has 1 unspecified atom stereocenters. The third kappa shape index (κ3) is 2.26. The molecule has 3 rings (SSSR count). The second kappa shape index (κ2) is 5.28. The van der Waals surface area contributed by atoms with Crippen LogP contribution in [-0.4, -0.2) is 47.8 Å². The van der Waals surface area contributed by atoms with E-state index in [1.807, 2.05) is 0 Å². The van der Waals surface area contributed by atoms with E-state index in [0.29, 0.717) is 18.5 Å². The van der Waals surface area contributed by atoms with Crippen LogP contribution in [0.5, 0.6) is 0 Å². The van der Waals surface area contributed by atoms with E-state index in [1.54, 1.807) is 46.8 Å². The average molecular weight is 303 g/mol. The highest BCUT2D eigenvalue weighted by Crippen LogP contribution is 2.24. The zero-order chi connectivity index (χ0) is 15.9. The average Bonchev–Trinajstić information content (AvgIpc) is 3.14. The lowest BCUT2D eigenvalue weighted by atomic mass is 10.0. The van der Waals surface area contributed by atoms with Crippen molar-refractivity contribution in [3.8, 4) is 0 Å². The maximum Gasteiger partial charge on any atom is 0.356 e. The molecule has 0 bridgehead atoms. The molecule has 1 aliphatic rings. The third-order valence-electron chi connectivity index (χ3n) is 4.09. The SMILES string of the molecule is CC(C(=O)N1CCc2c(c(C(=O)O)nn2C)C1)n1ccnc1. The predicted octanol–water partition coefficient (Wildman–Crippen LogP) is 0.461. The van der Waals surface area contributed by atoms with Crippen LogP contribution in [0, 0.1) is 0 Å². The highest BCUT2D eigenvalue weighted by Gasteiger charge is 2.31. The fourth-order valence-electron chi connectivity index (χ4n) is 2.84. The predicted molar refractivity (Wildman–Crippen MR) is 76.2 cm³/mol. The number of hydrogen-bond donors (Lipinski definition) is 1. The van der Waals surface area contributed by atoms with Crippen LogP contribution < -0.4 is 0 Å². The first-order valence-corrected chi connectivity index (χ1v) is 7.03. The largest absolute Gasteiger partial charge is 0.476 e. The number of hydrogen-bond acceptors (Lipinski definition) is 4. The smallest absolute Gasteiger partial charge is 0.356 e. The molecule has 8 nitrogen and oxygen atoms in total. The summed E-state index contributed by atoms with van der Waals surface area (Å²) in [5, 5.41) is 13.3. The van der Waals surface area contributed by atoms with Gasteiger partial charge in [-0.1, -0.05) is 0 Å². The summed E-state index contributed by atoms with van der Waals surface area (Å²) in [7, 11) is 1.73. The molecule has 22 heavy (non-hydrogen) atoms. The van der Waals surface area contributed by atoms with E-state index >= 15 is 0 Å². The molecule has 116 valence electrons. The summed E-state index contributed by atoms with van der Waals surface area (Å²) in [5.74, 6) is -1.11. The van der Waals surface area contributed by atoms with Crippen molar-refractivity contribution in [3.05, 3.63) is 35.7 Å². The van der Waals surface area contributed by atoms with Crippen LogP contribution in [0.25, 0.3) is 0 Å². The minimum atomic E-state index is -1.06. The monoisotopic (exact) mass is 303 g/mol. The summed E-state index contributed by atoms with van der Waals surface area (Å²) in [6.45, 7) is 2.65. The minimum Gasteiger partial charge on any atom is -0.476 e. The van der Waals surface area contributed by atoms with Gasteiger partial charge in [0.25, 0.3) is 0 Å². The van der Waals surface area contributed by atoms with Crippen molar-refractivity contribution in [1.29, 1.82) is 0 Å². The number of aromatic carboxylic acids is 1. The normalized spacial score (nSPS) is 15.5. The number of fused-ring (bicyclic) bond motifs is 1. The number of carbonyl (C=O) groups excluding carboxylic acids is 1. The quantitative estimate of drug-likeness (QED) is 0.889. The van der Waals surface area contributed by atoms with Gasteiger partial charge < -0.3 is 14.6 Å². The molecule has 0 aromatic carbocycles. The molecule has 3 heterocycles. The first-order chi connectivity index (χ1) is 10.5. The highest BCUT2D eigenvalue weighted by molar-refractivity contribution is 5.88. The Balaban J connectivity index is 1.85. The number of carbonyl (C=O) groups is 2. The van der Waals surface area contributed by atoms with Gasteiger partial charge in [-0.25, -0.2) is 9.78 Å². The van der Waals surface area contributed by atoms with Gasteiger partial charge in [-0.2, -0.15) is 5.10 Å². The molecule has 0 saturated heterocycles. The summed E-state index contributed by atoms with van der Waals surface area (Å²) in [6, 6.07) is -0.367. The van der Waals surface area contributed by atoms with Crippen LogP contribution in [0.2, 0.25) is 0 Å². The van der Waals surface area contributed by atoms with Crippen LogP contribution in [0.1, 0.15) is 34.7 Å². The first kappa shape index (κ1) is 14.3. The lowest BCUT2D eigenvalue weighted by Crippen LogP contribution is -2.40. The number of nitrogens with zero attached hydrogens (tertiary/aromatic N) is 5. The molecule has 1 amide bonds. The number of carboxylic acids is 1. The molecule has 0 spiro atoms. The molecule has 8 heteroatoms. The van der Waals surface area contributed by atoms with Gasteiger partial charge in [0, 0.05) is 50.2 Å². The Morgan fingerprint density at radius 2 is 2.18 bits per heavy atom. The van der Waals surface area contributed by atoms with Crippen LogP contribution in [-0.2, 0) is 24.8 Å². The lowest BCUT2D eigenvalue weighted by molar-refractivity contribution is -0.135. The molecular weight excluding hydrogens is 286 g/mol. The fourth-order valence-corrected chi connectivity index (χ4v) is 2.84. The highest BCUT2D eigenvalue weighted by atomic mass is 16.4. The maximum absolute atomic E-state index is 12.6. The fraction of sp³-hybridized carbons (Fsp3) is 0.429. The molecule has 1 N–H and O–H groups in total. The number of imidazole rings is 1. The van der Waals surface area contributed by atoms with Gasteiger partial charge in [0.2, 0.25) is 5.91 Å². The van der Waals surface area contributed by atoms with Gasteiger partial charge >= 0.3 is 5.97 Å². The van der Waals surface area contributed by atoms with Crippen LogP contribution in [0.15, 0.2) is 18.7 Å². The van der Waals surface area contributed by atoms with Gasteiger partial charge in [-0.3, -0.25) is 9.48 Å². The molecular formula is C14H17N5O3. The Bertz CT molecular complexity index is 719. The summed E-state index contributed by atoms with van der Waals surface area (Å²) >= 11 is 0. The third-order valence-corrected chi connectivity index (χ3v) is 4.09. The van der Waals surface area contributed by atoms with Crippen molar-refractivity contribution in [2.24, 2.45) is 7.05 Å². The molecule has 1 aliphatic heterocycles. The Kier molecular flexibility index (Phi) is 3.44. The van der Waals surface area contributed by atoms with Gasteiger partial charge in [-0.05, 0) is 6.92 Å². The molecule has 0 radical (unpaired) electrons. The molecule has 0 aliphatic carbocycles. The molecule has 2 aromatic heterocycles. The summed E-state index contributed by atoms with van der Waals surface area (Å²) in [4.78, 5) is 29.5. The zero-order valence-electron chi connectivity index (χ0n) is 12.4. The van der Waals surface area contributed by atoms with Crippen molar-refractivity contribution in [1.82, 2.24) is 24.2 Å². The molecule has 0 fully saturated rings. The zero-order valence-corrected chi connectivity index (χ0v) is 12.4. The molecule has 2 aromatic rings. The van der Waals surface area contributed by atoms with Crippen molar-refractivity contribution in [2.75, 3.05) is 6.54 Å². The molecule has 0 saturated carbocycles. The number of carboxylic acid groups (broad SMARTS) is 1. The van der Waals surface area contributed by atoms with Crippen LogP contribution in [0.3, 0.4) is 0 Å². The van der Waals surface area contributed by atoms with Crippen molar-refractivity contribution >= 4 is 11.9 Å². The number of rotatable bonds is 3.